The van der Waals surface area contributed by atoms with E-state index in [-0.39, 0.29) is 17.6 Å². The first-order valence-electron chi connectivity index (χ1n) is 7.63. The highest BCUT2D eigenvalue weighted by Crippen LogP contribution is 2.11. The van der Waals surface area contributed by atoms with E-state index in [1.807, 2.05) is 12.1 Å². The highest BCUT2D eigenvalue weighted by atomic mass is 35.5. The molecule has 0 aliphatic carbocycles. The van der Waals surface area contributed by atoms with Gasteiger partial charge in [-0.05, 0) is 42.3 Å². The molecule has 2 aromatic rings. The molecule has 0 saturated carbocycles. The van der Waals surface area contributed by atoms with E-state index in [1.54, 1.807) is 24.3 Å². The number of benzene rings is 2. The topological polar surface area (TPSA) is 78.4 Å². The maximum absolute atomic E-state index is 11.8. The predicted octanol–water partition coefficient (Wildman–Crippen LogP) is 2.52. The Balaban J connectivity index is 1.63. The number of aromatic hydroxyl groups is 1. The number of hydrogen-bond acceptors (Lipinski definition) is 3. The van der Waals surface area contributed by atoms with Crippen molar-refractivity contribution in [3.63, 3.8) is 0 Å². The van der Waals surface area contributed by atoms with Crippen LogP contribution in [0.25, 0.3) is 0 Å². The highest BCUT2D eigenvalue weighted by Gasteiger charge is 2.06. The van der Waals surface area contributed by atoms with Gasteiger partial charge in [0, 0.05) is 23.7 Å². The molecule has 24 heavy (non-hydrogen) atoms. The van der Waals surface area contributed by atoms with Gasteiger partial charge in [0.15, 0.2) is 0 Å². The number of rotatable bonds is 7. The van der Waals surface area contributed by atoms with E-state index in [0.717, 1.165) is 5.56 Å². The van der Waals surface area contributed by atoms with E-state index in [9.17, 15) is 14.7 Å². The molecular weight excluding hydrogens is 328 g/mol. The molecule has 0 bridgehead atoms. The summed E-state index contributed by atoms with van der Waals surface area (Å²) in [6.45, 7) is 0.919. The van der Waals surface area contributed by atoms with Crippen LogP contribution in [0.15, 0.2) is 48.5 Å². The van der Waals surface area contributed by atoms with Crippen LogP contribution in [-0.2, 0) is 11.2 Å². The van der Waals surface area contributed by atoms with Gasteiger partial charge in [-0.25, -0.2) is 0 Å². The molecule has 0 aromatic heterocycles. The third-order valence-electron chi connectivity index (χ3n) is 3.35. The number of phenolic OH excluding ortho intramolecular Hbond substituents is 1. The summed E-state index contributed by atoms with van der Waals surface area (Å²) in [7, 11) is 0. The molecule has 0 aliphatic heterocycles. The second-order valence-electron chi connectivity index (χ2n) is 5.31. The summed E-state index contributed by atoms with van der Waals surface area (Å²) < 4.78 is 0. The number of halogens is 1. The monoisotopic (exact) mass is 346 g/mol. The van der Waals surface area contributed by atoms with Gasteiger partial charge in [0.25, 0.3) is 5.91 Å². The van der Waals surface area contributed by atoms with Gasteiger partial charge in [0.1, 0.15) is 5.75 Å². The number of carbonyl (C=O) groups excluding carboxylic acids is 2. The van der Waals surface area contributed by atoms with Crippen molar-refractivity contribution >= 4 is 23.4 Å². The Hall–Kier alpha value is -2.53. The molecule has 0 saturated heterocycles. The molecule has 126 valence electrons. The fourth-order valence-electron chi connectivity index (χ4n) is 2.12. The molecular formula is C18H19ClN2O3. The van der Waals surface area contributed by atoms with Crippen molar-refractivity contribution in [3.05, 3.63) is 64.7 Å². The molecule has 0 atom stereocenters. The van der Waals surface area contributed by atoms with Crippen molar-refractivity contribution in [1.82, 2.24) is 10.6 Å². The third-order valence-corrected chi connectivity index (χ3v) is 3.60. The minimum absolute atomic E-state index is 0.0529. The van der Waals surface area contributed by atoms with Gasteiger partial charge in [0.05, 0.1) is 6.42 Å². The maximum Gasteiger partial charge on any atom is 0.251 e. The van der Waals surface area contributed by atoms with Gasteiger partial charge in [-0.2, -0.15) is 0 Å². The molecule has 0 heterocycles. The van der Waals surface area contributed by atoms with Crippen molar-refractivity contribution < 1.29 is 14.7 Å². The quantitative estimate of drug-likeness (QED) is 0.674. The summed E-state index contributed by atoms with van der Waals surface area (Å²) in [6, 6.07) is 13.3. The minimum Gasteiger partial charge on any atom is -0.508 e. The average molecular weight is 347 g/mol. The van der Waals surface area contributed by atoms with Gasteiger partial charge < -0.3 is 15.7 Å². The predicted molar refractivity (Wildman–Crippen MR) is 93.2 cm³/mol. The van der Waals surface area contributed by atoms with Gasteiger partial charge in [-0.15, -0.1) is 0 Å². The fourth-order valence-corrected chi connectivity index (χ4v) is 2.24. The molecule has 2 aromatic carbocycles. The zero-order chi connectivity index (χ0) is 17.4. The van der Waals surface area contributed by atoms with Gasteiger partial charge >= 0.3 is 0 Å². The zero-order valence-electron chi connectivity index (χ0n) is 13.1. The van der Waals surface area contributed by atoms with Crippen molar-refractivity contribution in [2.75, 3.05) is 13.1 Å². The Morgan fingerprint density at radius 3 is 2.42 bits per heavy atom. The van der Waals surface area contributed by atoms with E-state index < -0.39 is 0 Å². The second-order valence-corrected chi connectivity index (χ2v) is 5.75. The van der Waals surface area contributed by atoms with Gasteiger partial charge in [0.2, 0.25) is 5.91 Å². The number of phenols is 1. The highest BCUT2D eigenvalue weighted by molar-refractivity contribution is 6.30. The standard InChI is InChI=1S/C18H19ClN2O3/c19-15-7-5-13(6-8-15)11-17(23)20-9-2-10-21-18(24)14-3-1-4-16(22)12-14/h1,3-8,12,22H,2,9-11H2,(H,20,23)(H,21,24). The Morgan fingerprint density at radius 2 is 1.71 bits per heavy atom. The van der Waals surface area contributed by atoms with Crippen LogP contribution in [0.4, 0.5) is 0 Å². The Kier molecular flexibility index (Phi) is 6.63. The zero-order valence-corrected chi connectivity index (χ0v) is 13.8. The van der Waals surface area contributed by atoms with Crippen LogP contribution >= 0.6 is 11.6 Å². The van der Waals surface area contributed by atoms with E-state index in [2.05, 4.69) is 10.6 Å². The summed E-state index contributed by atoms with van der Waals surface area (Å²) in [6.07, 6.45) is 0.920. The van der Waals surface area contributed by atoms with Gasteiger partial charge in [-0.3, -0.25) is 9.59 Å². The van der Waals surface area contributed by atoms with Crippen LogP contribution in [0.1, 0.15) is 22.3 Å². The molecule has 2 amide bonds. The first-order valence-corrected chi connectivity index (χ1v) is 8.01. The Morgan fingerprint density at radius 1 is 1.00 bits per heavy atom. The maximum atomic E-state index is 11.8. The van der Waals surface area contributed by atoms with E-state index in [1.165, 1.54) is 12.1 Å². The molecule has 3 N–H and O–H groups in total. The van der Waals surface area contributed by atoms with Crippen LogP contribution in [-0.4, -0.2) is 30.0 Å². The molecule has 0 fully saturated rings. The minimum atomic E-state index is -0.251. The number of hydrogen-bond donors (Lipinski definition) is 3. The van der Waals surface area contributed by atoms with E-state index in [0.29, 0.717) is 36.5 Å². The lowest BCUT2D eigenvalue weighted by Gasteiger charge is -2.07. The fraction of sp³-hybridized carbons (Fsp3) is 0.222. The normalized spacial score (nSPS) is 10.2. The Labute approximate surface area is 145 Å². The lowest BCUT2D eigenvalue weighted by atomic mass is 10.1. The van der Waals surface area contributed by atoms with E-state index >= 15 is 0 Å². The van der Waals surface area contributed by atoms with Crippen molar-refractivity contribution in [2.45, 2.75) is 12.8 Å². The molecule has 2 rings (SSSR count). The first-order chi connectivity index (χ1) is 11.5. The lowest BCUT2D eigenvalue weighted by molar-refractivity contribution is -0.120. The molecule has 0 aliphatic rings. The van der Waals surface area contributed by atoms with Crippen molar-refractivity contribution in [1.29, 1.82) is 0 Å². The average Bonchev–Trinajstić information content (AvgIpc) is 2.56. The summed E-state index contributed by atoms with van der Waals surface area (Å²) in [5.41, 5.74) is 1.30. The lowest BCUT2D eigenvalue weighted by Crippen LogP contribution is -2.30. The smallest absolute Gasteiger partial charge is 0.251 e. The number of carbonyl (C=O) groups is 2. The summed E-state index contributed by atoms with van der Waals surface area (Å²) in [5, 5.41) is 15.5. The van der Waals surface area contributed by atoms with Crippen LogP contribution in [0, 0.1) is 0 Å². The van der Waals surface area contributed by atoms with Crippen LogP contribution < -0.4 is 10.6 Å². The van der Waals surface area contributed by atoms with Crippen molar-refractivity contribution in [3.8, 4) is 5.75 Å². The number of amides is 2. The van der Waals surface area contributed by atoms with Gasteiger partial charge in [-0.1, -0.05) is 29.8 Å². The Bertz CT molecular complexity index is 702. The van der Waals surface area contributed by atoms with Crippen LogP contribution in [0.2, 0.25) is 5.02 Å². The first kappa shape index (κ1) is 17.8. The molecule has 0 unspecified atom stereocenters. The summed E-state index contributed by atoms with van der Waals surface area (Å²) in [5.74, 6) is -0.271. The second kappa shape index (κ2) is 8.93. The van der Waals surface area contributed by atoms with Crippen LogP contribution in [0.3, 0.4) is 0 Å². The van der Waals surface area contributed by atoms with Crippen molar-refractivity contribution in [2.24, 2.45) is 0 Å². The van der Waals surface area contributed by atoms with Crippen LogP contribution in [0.5, 0.6) is 5.75 Å². The SMILES string of the molecule is O=C(Cc1ccc(Cl)cc1)NCCCNC(=O)c1cccc(O)c1. The summed E-state index contributed by atoms with van der Waals surface area (Å²) in [4.78, 5) is 23.6. The molecule has 0 spiro atoms. The molecule has 0 radical (unpaired) electrons. The third kappa shape index (κ3) is 5.93. The van der Waals surface area contributed by atoms with E-state index in [4.69, 9.17) is 11.6 Å². The number of nitrogens with one attached hydrogen (secondary N) is 2. The summed E-state index contributed by atoms with van der Waals surface area (Å²) >= 11 is 5.80. The largest absolute Gasteiger partial charge is 0.508 e. The molecule has 6 heteroatoms. The molecule has 5 nitrogen and oxygen atoms in total.